The Bertz CT molecular complexity index is 245. The zero-order valence-corrected chi connectivity index (χ0v) is 10.9. The molecule has 5 heteroatoms. The number of hydrogen-bond donors (Lipinski definition) is 2. The van der Waals surface area contributed by atoms with Crippen LogP contribution in [0.5, 0.6) is 0 Å². The summed E-state index contributed by atoms with van der Waals surface area (Å²) in [5, 5.41) is 11.0. The van der Waals surface area contributed by atoms with Crippen LogP contribution in [0.25, 0.3) is 0 Å². The first-order chi connectivity index (χ1) is 7.85. The number of amides is 1. The van der Waals surface area contributed by atoms with Crippen LogP contribution in [0.2, 0.25) is 0 Å². The molecule has 0 bridgehead atoms. The number of esters is 1. The highest BCUT2D eigenvalue weighted by Crippen LogP contribution is 2.10. The van der Waals surface area contributed by atoms with Gasteiger partial charge in [0.2, 0.25) is 5.91 Å². The summed E-state index contributed by atoms with van der Waals surface area (Å²) in [6.07, 6.45) is 2.01. The second-order valence-corrected chi connectivity index (χ2v) is 4.87. The predicted molar refractivity (Wildman–Crippen MR) is 64.4 cm³/mol. The number of rotatable bonds is 7. The lowest BCUT2D eigenvalue weighted by Gasteiger charge is -2.19. The number of unbranched alkanes of at least 4 members (excludes halogenated alkanes) is 1. The highest BCUT2D eigenvalue weighted by molar-refractivity contribution is 5.75. The minimum atomic E-state index is -0.449. The lowest BCUT2D eigenvalue weighted by atomic mass is 10.1. The van der Waals surface area contributed by atoms with Crippen LogP contribution < -0.4 is 5.32 Å². The molecule has 1 amide bonds. The number of hydrogen-bond acceptors (Lipinski definition) is 4. The molecule has 0 aliphatic heterocycles. The standard InChI is InChI=1S/C12H23NO4/c1-12(2,3)17-11(16)7-5-4-6-10(15)13-8-9-14/h14H,4-9H2,1-3H3,(H,13,15). The largest absolute Gasteiger partial charge is 0.460 e. The average Bonchev–Trinajstić information content (AvgIpc) is 2.19. The van der Waals surface area contributed by atoms with E-state index in [0.29, 0.717) is 25.7 Å². The number of carbonyl (C=O) groups is 2. The molecule has 0 spiro atoms. The molecule has 0 heterocycles. The zero-order valence-electron chi connectivity index (χ0n) is 10.9. The molecule has 0 rings (SSSR count). The number of carbonyl (C=O) groups excluding carboxylic acids is 2. The van der Waals surface area contributed by atoms with Crippen molar-refractivity contribution in [1.82, 2.24) is 5.32 Å². The van der Waals surface area contributed by atoms with E-state index >= 15 is 0 Å². The molecule has 0 aromatic heterocycles. The Hall–Kier alpha value is -1.10. The molecular formula is C12H23NO4. The normalized spacial score (nSPS) is 11.1. The second-order valence-electron chi connectivity index (χ2n) is 4.87. The van der Waals surface area contributed by atoms with Crippen molar-refractivity contribution in [2.75, 3.05) is 13.2 Å². The van der Waals surface area contributed by atoms with E-state index in [1.807, 2.05) is 20.8 Å². The topological polar surface area (TPSA) is 75.6 Å². The second kappa shape index (κ2) is 8.06. The Balaban J connectivity index is 3.51. The van der Waals surface area contributed by atoms with Gasteiger partial charge in [-0.2, -0.15) is 0 Å². The summed E-state index contributed by atoms with van der Waals surface area (Å²) < 4.78 is 5.14. The van der Waals surface area contributed by atoms with E-state index < -0.39 is 5.60 Å². The quantitative estimate of drug-likeness (QED) is 0.518. The molecule has 0 aromatic rings. The van der Waals surface area contributed by atoms with Gasteiger partial charge < -0.3 is 15.2 Å². The fourth-order valence-corrected chi connectivity index (χ4v) is 1.23. The summed E-state index contributed by atoms with van der Waals surface area (Å²) in [4.78, 5) is 22.5. The Morgan fingerprint density at radius 2 is 1.76 bits per heavy atom. The van der Waals surface area contributed by atoms with E-state index in [1.165, 1.54) is 0 Å². The van der Waals surface area contributed by atoms with Crippen LogP contribution in [0, 0.1) is 0 Å². The number of ether oxygens (including phenoxy) is 1. The van der Waals surface area contributed by atoms with Gasteiger partial charge in [0.1, 0.15) is 5.60 Å². The SMILES string of the molecule is CC(C)(C)OC(=O)CCCCC(=O)NCCO. The van der Waals surface area contributed by atoms with Crippen molar-refractivity contribution < 1.29 is 19.4 Å². The highest BCUT2D eigenvalue weighted by Gasteiger charge is 2.15. The molecule has 0 aromatic carbocycles. The van der Waals surface area contributed by atoms with Gasteiger partial charge >= 0.3 is 5.97 Å². The van der Waals surface area contributed by atoms with E-state index in [0.717, 1.165) is 0 Å². The molecule has 0 fully saturated rings. The van der Waals surface area contributed by atoms with Gasteiger partial charge in [-0.1, -0.05) is 0 Å². The molecule has 0 aliphatic carbocycles. The van der Waals surface area contributed by atoms with Crippen molar-refractivity contribution in [3.8, 4) is 0 Å². The molecule has 0 unspecified atom stereocenters. The number of aliphatic hydroxyl groups is 1. The van der Waals surface area contributed by atoms with Gasteiger partial charge in [0.05, 0.1) is 6.61 Å². The molecule has 5 nitrogen and oxygen atoms in total. The maximum Gasteiger partial charge on any atom is 0.306 e. The van der Waals surface area contributed by atoms with E-state index in [1.54, 1.807) is 0 Å². The van der Waals surface area contributed by atoms with Gasteiger partial charge in [0, 0.05) is 19.4 Å². The first-order valence-corrected chi connectivity index (χ1v) is 5.94. The van der Waals surface area contributed by atoms with Crippen LogP contribution in [0.15, 0.2) is 0 Å². The monoisotopic (exact) mass is 245 g/mol. The van der Waals surface area contributed by atoms with Gasteiger partial charge in [0.25, 0.3) is 0 Å². The molecule has 0 atom stereocenters. The lowest BCUT2D eigenvalue weighted by molar-refractivity contribution is -0.155. The Morgan fingerprint density at radius 1 is 1.18 bits per heavy atom. The lowest BCUT2D eigenvalue weighted by Crippen LogP contribution is -2.26. The van der Waals surface area contributed by atoms with Crippen molar-refractivity contribution in [3.05, 3.63) is 0 Å². The van der Waals surface area contributed by atoms with Gasteiger partial charge in [-0.15, -0.1) is 0 Å². The van der Waals surface area contributed by atoms with E-state index in [4.69, 9.17) is 9.84 Å². The fraction of sp³-hybridized carbons (Fsp3) is 0.833. The summed E-state index contributed by atoms with van der Waals surface area (Å²) in [7, 11) is 0. The summed E-state index contributed by atoms with van der Waals surface area (Å²) in [5.41, 5.74) is -0.449. The maximum atomic E-state index is 11.3. The molecule has 0 aliphatic rings. The average molecular weight is 245 g/mol. The third-order valence-electron chi connectivity index (χ3n) is 1.89. The molecule has 0 saturated carbocycles. The molecule has 2 N–H and O–H groups in total. The first-order valence-electron chi connectivity index (χ1n) is 5.94. The van der Waals surface area contributed by atoms with Gasteiger partial charge in [-0.3, -0.25) is 9.59 Å². The van der Waals surface area contributed by atoms with E-state index in [9.17, 15) is 9.59 Å². The van der Waals surface area contributed by atoms with Gasteiger partial charge in [0.15, 0.2) is 0 Å². The van der Waals surface area contributed by atoms with Crippen LogP contribution >= 0.6 is 0 Å². The van der Waals surface area contributed by atoms with Crippen LogP contribution in [0.4, 0.5) is 0 Å². The Labute approximate surface area is 103 Å². The maximum absolute atomic E-state index is 11.3. The Kier molecular flexibility index (Phi) is 7.54. The first kappa shape index (κ1) is 15.9. The van der Waals surface area contributed by atoms with Crippen molar-refractivity contribution in [2.45, 2.75) is 52.1 Å². The van der Waals surface area contributed by atoms with Gasteiger partial charge in [-0.05, 0) is 33.6 Å². The summed E-state index contributed by atoms with van der Waals surface area (Å²) in [6.45, 7) is 5.71. The minimum absolute atomic E-state index is 0.0519. The van der Waals surface area contributed by atoms with Crippen molar-refractivity contribution in [3.63, 3.8) is 0 Å². The predicted octanol–water partition coefficient (Wildman–Crippen LogP) is 0.997. The van der Waals surface area contributed by atoms with E-state index in [2.05, 4.69) is 5.32 Å². The highest BCUT2D eigenvalue weighted by atomic mass is 16.6. The number of aliphatic hydroxyl groups excluding tert-OH is 1. The molecule has 100 valence electrons. The third-order valence-corrected chi connectivity index (χ3v) is 1.89. The number of nitrogens with one attached hydrogen (secondary N) is 1. The fourth-order valence-electron chi connectivity index (χ4n) is 1.23. The Morgan fingerprint density at radius 3 is 2.29 bits per heavy atom. The molecular weight excluding hydrogens is 222 g/mol. The van der Waals surface area contributed by atoms with Crippen molar-refractivity contribution in [1.29, 1.82) is 0 Å². The zero-order chi connectivity index (χ0) is 13.3. The van der Waals surface area contributed by atoms with E-state index in [-0.39, 0.29) is 25.0 Å². The minimum Gasteiger partial charge on any atom is -0.460 e. The third kappa shape index (κ3) is 11.2. The summed E-state index contributed by atoms with van der Waals surface area (Å²) in [5.74, 6) is -0.323. The van der Waals surface area contributed by atoms with Crippen molar-refractivity contribution in [2.24, 2.45) is 0 Å². The summed E-state index contributed by atoms with van der Waals surface area (Å²) in [6, 6.07) is 0. The molecule has 0 radical (unpaired) electrons. The van der Waals surface area contributed by atoms with Crippen LogP contribution in [-0.2, 0) is 14.3 Å². The van der Waals surface area contributed by atoms with Crippen LogP contribution in [0.1, 0.15) is 46.5 Å². The van der Waals surface area contributed by atoms with Gasteiger partial charge in [-0.25, -0.2) is 0 Å². The smallest absolute Gasteiger partial charge is 0.306 e. The molecule has 17 heavy (non-hydrogen) atoms. The summed E-state index contributed by atoms with van der Waals surface area (Å²) >= 11 is 0. The van der Waals surface area contributed by atoms with Crippen molar-refractivity contribution >= 4 is 11.9 Å². The van der Waals surface area contributed by atoms with Crippen LogP contribution in [0.3, 0.4) is 0 Å². The van der Waals surface area contributed by atoms with Crippen LogP contribution in [-0.4, -0.2) is 35.7 Å². The molecule has 0 saturated heterocycles.